The smallest absolute Gasteiger partial charge is 0.135 e. The maximum Gasteiger partial charge on any atom is 0.135 e. The topological polar surface area (TPSA) is 29.1 Å². The molecule has 0 radical (unpaired) electrons. The molecule has 100 valence electrons. The van der Waals surface area contributed by atoms with Crippen LogP contribution in [0.3, 0.4) is 0 Å². The van der Waals surface area contributed by atoms with Gasteiger partial charge in [0.1, 0.15) is 5.78 Å². The first-order chi connectivity index (χ1) is 7.21. The molecule has 0 aliphatic carbocycles. The lowest BCUT2D eigenvalue weighted by atomic mass is 9.77. The van der Waals surface area contributed by atoms with Crippen molar-refractivity contribution in [3.8, 4) is 0 Å². The van der Waals surface area contributed by atoms with Crippen molar-refractivity contribution in [3.63, 3.8) is 0 Å². The van der Waals surface area contributed by atoms with Crippen LogP contribution in [0.4, 0.5) is 0 Å². The molecule has 0 saturated heterocycles. The molecule has 0 unspecified atom stereocenters. The highest BCUT2D eigenvalue weighted by atomic mass is 16.1. The molecule has 16 heavy (non-hydrogen) atoms. The minimum Gasteiger partial charge on any atom is -0.315 e. The van der Waals surface area contributed by atoms with E-state index in [2.05, 4.69) is 19.2 Å². The Bertz CT molecular complexity index is 172. The maximum atomic E-state index is 11.2. The number of rotatable bonds is 4. The van der Waals surface area contributed by atoms with Crippen LogP contribution in [0.5, 0.6) is 0 Å². The first-order valence-electron chi connectivity index (χ1n) is 6.41. The number of carbonyl (C=O) groups excluding carboxylic acids is 1. The number of ketones is 1. The molecule has 2 nitrogen and oxygen atoms in total. The zero-order valence-electron chi connectivity index (χ0n) is 13.1. The fraction of sp³-hybridized carbons (Fsp3) is 0.929. The van der Waals surface area contributed by atoms with Crippen LogP contribution >= 0.6 is 0 Å². The number of nitrogens with one attached hydrogen (secondary N) is 1. The monoisotopic (exact) mass is 231 g/mol. The van der Waals surface area contributed by atoms with E-state index >= 15 is 0 Å². The number of Topliss-reactive ketones (excluding diaryl/α,β-unsaturated/α-hetero) is 1. The van der Waals surface area contributed by atoms with Gasteiger partial charge in [-0.2, -0.15) is 0 Å². The average molecular weight is 231 g/mol. The summed E-state index contributed by atoms with van der Waals surface area (Å²) in [5.74, 6) is 0.255. The molecule has 0 aliphatic rings. The molecule has 0 aliphatic heterocycles. The van der Waals surface area contributed by atoms with Gasteiger partial charge in [-0.05, 0) is 34.2 Å². The van der Waals surface area contributed by atoms with Gasteiger partial charge in [0.15, 0.2) is 0 Å². The second-order valence-electron chi connectivity index (χ2n) is 4.75. The number of carbonyl (C=O) groups is 1. The fourth-order valence-corrected chi connectivity index (χ4v) is 1.32. The number of hydrogen-bond donors (Lipinski definition) is 1. The quantitative estimate of drug-likeness (QED) is 0.791. The Morgan fingerprint density at radius 3 is 1.50 bits per heavy atom. The first kappa shape index (κ1) is 21.0. The zero-order chi connectivity index (χ0) is 14.0. The summed E-state index contributed by atoms with van der Waals surface area (Å²) in [4.78, 5) is 11.2. The van der Waals surface area contributed by atoms with Gasteiger partial charge in [-0.15, -0.1) is 0 Å². The van der Waals surface area contributed by atoms with E-state index < -0.39 is 0 Å². The van der Waals surface area contributed by atoms with E-state index in [1.54, 1.807) is 6.92 Å². The van der Waals surface area contributed by atoms with Crippen molar-refractivity contribution < 1.29 is 4.79 Å². The van der Waals surface area contributed by atoms with Crippen molar-refractivity contribution in [1.29, 1.82) is 0 Å². The van der Waals surface area contributed by atoms with Crippen LogP contribution < -0.4 is 5.32 Å². The van der Waals surface area contributed by atoms with Crippen LogP contribution in [0.25, 0.3) is 0 Å². The van der Waals surface area contributed by atoms with E-state index in [9.17, 15) is 4.79 Å². The molecule has 0 spiro atoms. The van der Waals surface area contributed by atoms with Gasteiger partial charge >= 0.3 is 0 Å². The maximum absolute atomic E-state index is 11.2. The normalized spacial score (nSPS) is 10.6. The molecule has 0 bridgehead atoms. The SMILES string of the molecule is CC.CC.CNC(C)(C)CC(C)(C)C(C)=O. The Kier molecular flexibility index (Phi) is 12.9. The van der Waals surface area contributed by atoms with Crippen molar-refractivity contribution in [2.75, 3.05) is 7.05 Å². The summed E-state index contributed by atoms with van der Waals surface area (Å²) in [7, 11) is 1.93. The van der Waals surface area contributed by atoms with E-state index in [0.717, 1.165) is 6.42 Å². The Balaban J connectivity index is -0.000000376. The van der Waals surface area contributed by atoms with Crippen LogP contribution in [-0.2, 0) is 4.79 Å². The molecule has 0 rings (SSSR count). The van der Waals surface area contributed by atoms with Gasteiger partial charge < -0.3 is 5.32 Å². The van der Waals surface area contributed by atoms with Crippen molar-refractivity contribution in [2.45, 2.75) is 74.3 Å². The molecule has 0 aromatic heterocycles. The molecule has 0 saturated carbocycles. The van der Waals surface area contributed by atoms with Crippen molar-refractivity contribution in [3.05, 3.63) is 0 Å². The largest absolute Gasteiger partial charge is 0.315 e. The van der Waals surface area contributed by atoms with Crippen molar-refractivity contribution in [2.24, 2.45) is 5.41 Å². The third-order valence-corrected chi connectivity index (χ3v) is 2.51. The minimum absolute atomic E-state index is 0.0369. The standard InChI is InChI=1S/C10H21NO.2C2H6/c1-8(12)9(2,3)7-10(4,5)11-6;2*1-2/h11H,7H2,1-6H3;2*1-2H3. The summed E-state index contributed by atoms with van der Waals surface area (Å²) in [6.45, 7) is 17.9. The van der Waals surface area contributed by atoms with E-state index in [1.807, 2.05) is 48.6 Å². The fourth-order valence-electron chi connectivity index (χ4n) is 1.32. The van der Waals surface area contributed by atoms with Crippen molar-refractivity contribution in [1.82, 2.24) is 5.32 Å². The van der Waals surface area contributed by atoms with E-state index in [4.69, 9.17) is 0 Å². The van der Waals surface area contributed by atoms with Gasteiger partial charge in [-0.1, -0.05) is 41.5 Å². The molecule has 0 aromatic carbocycles. The Morgan fingerprint density at radius 2 is 1.31 bits per heavy atom. The second-order valence-corrected chi connectivity index (χ2v) is 4.75. The molecule has 1 N–H and O–H groups in total. The summed E-state index contributed by atoms with van der Waals surface area (Å²) in [6, 6.07) is 0. The Morgan fingerprint density at radius 1 is 1.00 bits per heavy atom. The predicted molar refractivity (Wildman–Crippen MR) is 74.9 cm³/mol. The van der Waals surface area contributed by atoms with Crippen LogP contribution in [-0.4, -0.2) is 18.4 Å². The van der Waals surface area contributed by atoms with Gasteiger partial charge in [0.25, 0.3) is 0 Å². The lowest BCUT2D eigenvalue weighted by Gasteiger charge is -2.33. The van der Waals surface area contributed by atoms with Gasteiger partial charge in [0.05, 0.1) is 0 Å². The highest BCUT2D eigenvalue weighted by molar-refractivity contribution is 5.81. The zero-order valence-corrected chi connectivity index (χ0v) is 13.1. The summed E-state index contributed by atoms with van der Waals surface area (Å²) >= 11 is 0. The van der Waals surface area contributed by atoms with Crippen LogP contribution in [0.1, 0.15) is 68.7 Å². The van der Waals surface area contributed by atoms with Crippen LogP contribution in [0.15, 0.2) is 0 Å². The third-order valence-electron chi connectivity index (χ3n) is 2.51. The lowest BCUT2D eigenvalue weighted by Crippen LogP contribution is -2.42. The molecule has 0 atom stereocenters. The van der Waals surface area contributed by atoms with Gasteiger partial charge in [-0.25, -0.2) is 0 Å². The summed E-state index contributed by atoms with van der Waals surface area (Å²) in [5.41, 5.74) is -0.179. The summed E-state index contributed by atoms with van der Waals surface area (Å²) in [6.07, 6.45) is 0.867. The van der Waals surface area contributed by atoms with E-state index in [0.29, 0.717) is 0 Å². The van der Waals surface area contributed by atoms with Gasteiger partial charge in [0, 0.05) is 11.0 Å². The third kappa shape index (κ3) is 10.2. The Labute approximate surface area is 103 Å². The van der Waals surface area contributed by atoms with E-state index in [-0.39, 0.29) is 16.7 Å². The summed E-state index contributed by atoms with van der Waals surface area (Å²) < 4.78 is 0. The highest BCUT2D eigenvalue weighted by Gasteiger charge is 2.30. The Hall–Kier alpha value is -0.370. The molecule has 0 fully saturated rings. The molecule has 0 heterocycles. The highest BCUT2D eigenvalue weighted by Crippen LogP contribution is 2.28. The molecule has 2 heteroatoms. The molecule has 0 aromatic rings. The first-order valence-corrected chi connectivity index (χ1v) is 6.41. The lowest BCUT2D eigenvalue weighted by molar-refractivity contribution is -0.125. The van der Waals surface area contributed by atoms with E-state index in [1.165, 1.54) is 0 Å². The van der Waals surface area contributed by atoms with Crippen LogP contribution in [0, 0.1) is 5.41 Å². The molecular formula is C14H33NO. The summed E-state index contributed by atoms with van der Waals surface area (Å²) in [5, 5.41) is 3.20. The average Bonchev–Trinajstić information content (AvgIpc) is 2.22. The molecular weight excluding hydrogens is 198 g/mol. The number of hydrogen-bond acceptors (Lipinski definition) is 2. The van der Waals surface area contributed by atoms with Crippen LogP contribution in [0.2, 0.25) is 0 Å². The predicted octanol–water partition coefficient (Wildman–Crippen LogP) is 4.04. The van der Waals surface area contributed by atoms with Crippen molar-refractivity contribution >= 4 is 5.78 Å². The van der Waals surface area contributed by atoms with Gasteiger partial charge in [-0.3, -0.25) is 4.79 Å². The van der Waals surface area contributed by atoms with Gasteiger partial charge in [0.2, 0.25) is 0 Å². The minimum atomic E-state index is -0.216. The molecule has 0 amide bonds. The second kappa shape index (κ2) is 9.83.